The first-order valence-electron chi connectivity index (χ1n) is 5.84. The first-order chi connectivity index (χ1) is 8.70. The molecule has 18 heavy (non-hydrogen) atoms. The van der Waals surface area contributed by atoms with E-state index in [1.54, 1.807) is 6.20 Å². The molecular formula is C11H16N4O3. The fraction of sp³-hybridized carbons (Fsp3) is 0.545. The Morgan fingerprint density at radius 1 is 1.28 bits per heavy atom. The van der Waals surface area contributed by atoms with Gasteiger partial charge in [0.15, 0.2) is 5.69 Å². The standard InChI is InChI=1S/C11H16N4O3/c16-6-5-14-1-3-15(4-2-14)10-8-12-7-9(13-10)11(17)18/h7-8,16H,1-6H2,(H,17,18). The maximum atomic E-state index is 10.8. The SMILES string of the molecule is O=C(O)c1cncc(N2CCN(CCO)CC2)n1. The molecule has 0 bridgehead atoms. The molecule has 0 spiro atoms. The molecule has 7 heteroatoms. The summed E-state index contributed by atoms with van der Waals surface area (Å²) in [5.41, 5.74) is -0.0368. The molecule has 2 rings (SSSR count). The number of aromatic carboxylic acids is 1. The normalized spacial score (nSPS) is 16.8. The summed E-state index contributed by atoms with van der Waals surface area (Å²) in [6, 6.07) is 0. The molecule has 0 aliphatic carbocycles. The van der Waals surface area contributed by atoms with Crippen molar-refractivity contribution < 1.29 is 15.0 Å². The highest BCUT2D eigenvalue weighted by Crippen LogP contribution is 2.12. The number of carbonyl (C=O) groups is 1. The highest BCUT2D eigenvalue weighted by atomic mass is 16.4. The molecule has 2 heterocycles. The van der Waals surface area contributed by atoms with Crippen molar-refractivity contribution >= 4 is 11.8 Å². The number of carboxylic acid groups (broad SMARTS) is 1. The van der Waals surface area contributed by atoms with Gasteiger partial charge in [0.2, 0.25) is 0 Å². The Balaban J connectivity index is 2.01. The quantitative estimate of drug-likeness (QED) is 0.731. The molecule has 1 aromatic rings. The third-order valence-corrected chi connectivity index (χ3v) is 2.95. The second-order valence-corrected chi connectivity index (χ2v) is 4.12. The van der Waals surface area contributed by atoms with Crippen LogP contribution in [0.15, 0.2) is 12.4 Å². The van der Waals surface area contributed by atoms with E-state index >= 15 is 0 Å². The number of β-amino-alcohol motifs (C(OH)–C–C–N with tert-alkyl or cyclic N) is 1. The van der Waals surface area contributed by atoms with Crippen LogP contribution >= 0.6 is 0 Å². The van der Waals surface area contributed by atoms with E-state index in [4.69, 9.17) is 10.2 Å². The van der Waals surface area contributed by atoms with Crippen LogP contribution in [0.4, 0.5) is 5.82 Å². The summed E-state index contributed by atoms with van der Waals surface area (Å²) in [5.74, 6) is -0.471. The molecule has 0 saturated carbocycles. The Morgan fingerprint density at radius 2 is 2.00 bits per heavy atom. The van der Waals surface area contributed by atoms with Crippen molar-refractivity contribution in [1.29, 1.82) is 0 Å². The highest BCUT2D eigenvalue weighted by molar-refractivity contribution is 5.85. The van der Waals surface area contributed by atoms with Gasteiger partial charge in [0.1, 0.15) is 5.82 Å². The molecule has 0 amide bonds. The minimum atomic E-state index is -1.07. The smallest absolute Gasteiger partial charge is 0.356 e. The molecule has 1 saturated heterocycles. The first kappa shape index (κ1) is 12.7. The van der Waals surface area contributed by atoms with Crippen molar-refractivity contribution in [2.45, 2.75) is 0 Å². The molecular weight excluding hydrogens is 236 g/mol. The van der Waals surface area contributed by atoms with Gasteiger partial charge in [0, 0.05) is 32.7 Å². The van der Waals surface area contributed by atoms with Gasteiger partial charge < -0.3 is 15.1 Å². The molecule has 1 aliphatic rings. The zero-order valence-electron chi connectivity index (χ0n) is 9.99. The van der Waals surface area contributed by atoms with E-state index in [0.29, 0.717) is 12.4 Å². The van der Waals surface area contributed by atoms with E-state index in [0.717, 1.165) is 26.2 Å². The fourth-order valence-electron chi connectivity index (χ4n) is 1.95. The Kier molecular flexibility index (Phi) is 4.06. The second kappa shape index (κ2) is 5.74. The van der Waals surface area contributed by atoms with Gasteiger partial charge >= 0.3 is 5.97 Å². The maximum Gasteiger partial charge on any atom is 0.356 e. The van der Waals surface area contributed by atoms with Crippen molar-refractivity contribution in [2.24, 2.45) is 0 Å². The third kappa shape index (κ3) is 2.93. The lowest BCUT2D eigenvalue weighted by atomic mass is 10.3. The lowest BCUT2D eigenvalue weighted by molar-refractivity contribution is 0.0690. The molecule has 0 radical (unpaired) electrons. The molecule has 1 aromatic heterocycles. The lowest BCUT2D eigenvalue weighted by Gasteiger charge is -2.34. The average Bonchev–Trinajstić information content (AvgIpc) is 2.40. The van der Waals surface area contributed by atoms with E-state index in [2.05, 4.69) is 14.9 Å². The predicted molar refractivity (Wildman–Crippen MR) is 64.7 cm³/mol. The van der Waals surface area contributed by atoms with E-state index < -0.39 is 5.97 Å². The number of anilines is 1. The highest BCUT2D eigenvalue weighted by Gasteiger charge is 2.18. The number of nitrogens with zero attached hydrogens (tertiary/aromatic N) is 4. The minimum Gasteiger partial charge on any atom is -0.476 e. The molecule has 2 N–H and O–H groups in total. The van der Waals surface area contributed by atoms with Crippen LogP contribution in [-0.2, 0) is 0 Å². The molecule has 0 unspecified atom stereocenters. The number of aliphatic hydroxyl groups excluding tert-OH is 1. The molecule has 1 aliphatic heterocycles. The number of hydrogen-bond donors (Lipinski definition) is 2. The van der Waals surface area contributed by atoms with Crippen LogP contribution in [0, 0.1) is 0 Å². The van der Waals surface area contributed by atoms with Crippen molar-refractivity contribution in [2.75, 3.05) is 44.2 Å². The Bertz CT molecular complexity index is 419. The van der Waals surface area contributed by atoms with E-state index in [9.17, 15) is 4.79 Å². The topological polar surface area (TPSA) is 89.8 Å². The zero-order chi connectivity index (χ0) is 13.0. The van der Waals surface area contributed by atoms with Gasteiger partial charge in [-0.1, -0.05) is 0 Å². The molecule has 0 atom stereocenters. The van der Waals surface area contributed by atoms with Crippen LogP contribution in [0.1, 0.15) is 10.5 Å². The number of carboxylic acids is 1. The van der Waals surface area contributed by atoms with Gasteiger partial charge in [-0.2, -0.15) is 0 Å². The van der Waals surface area contributed by atoms with Crippen LogP contribution in [0.25, 0.3) is 0 Å². The Labute approximate surface area is 105 Å². The van der Waals surface area contributed by atoms with Crippen LogP contribution in [0.3, 0.4) is 0 Å². The van der Waals surface area contributed by atoms with Crippen molar-refractivity contribution in [3.63, 3.8) is 0 Å². The number of piperazine rings is 1. The molecule has 7 nitrogen and oxygen atoms in total. The van der Waals surface area contributed by atoms with Crippen molar-refractivity contribution in [3.05, 3.63) is 18.1 Å². The fourth-order valence-corrected chi connectivity index (χ4v) is 1.95. The maximum absolute atomic E-state index is 10.8. The summed E-state index contributed by atoms with van der Waals surface area (Å²) in [7, 11) is 0. The van der Waals surface area contributed by atoms with Gasteiger partial charge in [-0.25, -0.2) is 9.78 Å². The zero-order valence-corrected chi connectivity index (χ0v) is 9.99. The predicted octanol–water partition coefficient (Wildman–Crippen LogP) is -0.711. The average molecular weight is 252 g/mol. The monoisotopic (exact) mass is 252 g/mol. The van der Waals surface area contributed by atoms with Crippen LogP contribution < -0.4 is 4.90 Å². The van der Waals surface area contributed by atoms with Gasteiger partial charge in [-0.3, -0.25) is 9.88 Å². The van der Waals surface area contributed by atoms with Crippen molar-refractivity contribution in [1.82, 2.24) is 14.9 Å². The first-order valence-corrected chi connectivity index (χ1v) is 5.84. The number of rotatable bonds is 4. The largest absolute Gasteiger partial charge is 0.476 e. The van der Waals surface area contributed by atoms with Crippen LogP contribution in [0.2, 0.25) is 0 Å². The van der Waals surface area contributed by atoms with Gasteiger partial charge in [-0.15, -0.1) is 0 Å². The van der Waals surface area contributed by atoms with E-state index in [1.165, 1.54) is 6.20 Å². The number of aromatic nitrogens is 2. The van der Waals surface area contributed by atoms with Gasteiger partial charge in [0.05, 0.1) is 19.0 Å². The minimum absolute atomic E-state index is 0.0368. The Hall–Kier alpha value is -1.73. The van der Waals surface area contributed by atoms with Gasteiger partial charge in [0.25, 0.3) is 0 Å². The van der Waals surface area contributed by atoms with E-state index in [1.807, 2.05) is 4.90 Å². The van der Waals surface area contributed by atoms with Gasteiger partial charge in [-0.05, 0) is 0 Å². The van der Waals surface area contributed by atoms with Crippen LogP contribution in [0.5, 0.6) is 0 Å². The summed E-state index contributed by atoms with van der Waals surface area (Å²) in [5, 5.41) is 17.7. The number of aliphatic hydroxyl groups is 1. The molecule has 1 fully saturated rings. The van der Waals surface area contributed by atoms with Crippen molar-refractivity contribution in [3.8, 4) is 0 Å². The summed E-state index contributed by atoms with van der Waals surface area (Å²) < 4.78 is 0. The number of hydrogen-bond acceptors (Lipinski definition) is 6. The summed E-state index contributed by atoms with van der Waals surface area (Å²) in [6.45, 7) is 4.03. The summed E-state index contributed by atoms with van der Waals surface area (Å²) in [6.07, 6.45) is 2.82. The third-order valence-electron chi connectivity index (χ3n) is 2.95. The summed E-state index contributed by atoms with van der Waals surface area (Å²) in [4.78, 5) is 22.9. The molecule has 98 valence electrons. The lowest BCUT2D eigenvalue weighted by Crippen LogP contribution is -2.47. The van der Waals surface area contributed by atoms with E-state index in [-0.39, 0.29) is 12.3 Å². The van der Waals surface area contributed by atoms with Crippen LogP contribution in [-0.4, -0.2) is 70.4 Å². The molecule has 0 aromatic carbocycles. The summed E-state index contributed by atoms with van der Waals surface area (Å²) >= 11 is 0. The second-order valence-electron chi connectivity index (χ2n) is 4.12. The Morgan fingerprint density at radius 3 is 2.61 bits per heavy atom.